The van der Waals surface area contributed by atoms with Crippen LogP contribution < -0.4 is 0 Å². The molecule has 2 aromatic carbocycles. The van der Waals surface area contributed by atoms with Gasteiger partial charge in [0.05, 0.1) is 21.8 Å². The third kappa shape index (κ3) is 2.46. The minimum atomic E-state index is -0.481. The summed E-state index contributed by atoms with van der Waals surface area (Å²) in [5.74, 6) is -0.987. The van der Waals surface area contributed by atoms with Gasteiger partial charge in [0.15, 0.2) is 0 Å². The Bertz CT molecular complexity index is 799. The molecule has 0 bridgehead atoms. The lowest BCUT2D eigenvalue weighted by Gasteiger charge is -2.07. The number of carbonyl (C=O) groups is 2. The van der Waals surface area contributed by atoms with Gasteiger partial charge in [0, 0.05) is 10.0 Å². The Morgan fingerprint density at radius 2 is 1.64 bits per heavy atom. The van der Waals surface area contributed by atoms with Gasteiger partial charge in [-0.25, -0.2) is 0 Å². The predicted octanol–water partition coefficient (Wildman–Crippen LogP) is 3.55. The van der Waals surface area contributed by atoms with Crippen molar-refractivity contribution < 1.29 is 14.7 Å². The van der Waals surface area contributed by atoms with Crippen molar-refractivity contribution in [2.75, 3.05) is 0 Å². The normalized spacial score (nSPS) is 14.0. The minimum absolute atomic E-state index is 0.0245. The molecule has 2 amide bonds. The van der Waals surface area contributed by atoms with Crippen LogP contribution in [0.1, 0.15) is 26.3 Å². The van der Waals surface area contributed by atoms with E-state index < -0.39 is 11.8 Å². The number of imide groups is 1. The number of hydrogen-bond acceptors (Lipinski definition) is 4. The van der Waals surface area contributed by atoms with E-state index in [0.29, 0.717) is 21.2 Å². The van der Waals surface area contributed by atoms with Crippen LogP contribution in [0.25, 0.3) is 0 Å². The van der Waals surface area contributed by atoms with E-state index in [-0.39, 0.29) is 5.75 Å². The molecule has 110 valence electrons. The molecule has 0 spiro atoms. The van der Waals surface area contributed by atoms with Gasteiger partial charge in [-0.15, -0.1) is 0 Å². The molecule has 1 aliphatic rings. The summed E-state index contributed by atoms with van der Waals surface area (Å²) in [4.78, 5) is 24.3. The van der Waals surface area contributed by atoms with E-state index in [0.717, 1.165) is 9.48 Å². The van der Waals surface area contributed by atoms with Gasteiger partial charge in [0.2, 0.25) is 0 Å². The Hall–Kier alpha value is -1.99. The van der Waals surface area contributed by atoms with Gasteiger partial charge in [-0.1, -0.05) is 28.1 Å². The highest BCUT2D eigenvalue weighted by Crippen LogP contribution is 2.31. The molecule has 0 radical (unpaired) electrons. The highest BCUT2D eigenvalue weighted by atomic mass is 79.9. The first-order chi connectivity index (χ1) is 10.5. The smallest absolute Gasteiger partial charge is 0.282 e. The molecule has 0 unspecified atom stereocenters. The van der Waals surface area contributed by atoms with Crippen molar-refractivity contribution in [1.29, 1.82) is 0 Å². The molecule has 22 heavy (non-hydrogen) atoms. The zero-order chi connectivity index (χ0) is 15.9. The summed E-state index contributed by atoms with van der Waals surface area (Å²) in [6, 6.07) is 9.84. The molecule has 3 rings (SSSR count). The van der Waals surface area contributed by atoms with Gasteiger partial charge < -0.3 is 5.11 Å². The van der Waals surface area contributed by atoms with Crippen LogP contribution in [0.3, 0.4) is 0 Å². The third-order valence-corrected chi connectivity index (χ3v) is 4.20. The molecule has 0 saturated carbocycles. The standard InChI is InChI=1S/C15H8Br2N2O3/c16-9-5-8(13(20)12(17)6-9)7-18-19-14(21)10-3-1-2-4-11(10)15(19)22/h1-7,20H/b18-7+. The monoisotopic (exact) mass is 422 g/mol. The second-order valence-corrected chi connectivity index (χ2v) is 6.31. The summed E-state index contributed by atoms with van der Waals surface area (Å²) in [5.41, 5.74) is 1.02. The van der Waals surface area contributed by atoms with Crippen molar-refractivity contribution in [3.8, 4) is 5.75 Å². The molecule has 0 aromatic heterocycles. The molecule has 1 aliphatic heterocycles. The lowest BCUT2D eigenvalue weighted by Crippen LogP contribution is -2.24. The molecule has 0 saturated heterocycles. The molecular weight excluding hydrogens is 416 g/mol. The first kappa shape index (κ1) is 14.9. The number of carbonyl (C=O) groups excluding carboxylic acids is 2. The van der Waals surface area contributed by atoms with Crippen LogP contribution >= 0.6 is 31.9 Å². The lowest BCUT2D eigenvalue weighted by atomic mass is 10.1. The molecular formula is C15H8Br2N2O3. The maximum atomic E-state index is 12.2. The number of fused-ring (bicyclic) bond motifs is 1. The van der Waals surface area contributed by atoms with Gasteiger partial charge >= 0.3 is 0 Å². The molecule has 1 heterocycles. The van der Waals surface area contributed by atoms with Crippen molar-refractivity contribution in [3.63, 3.8) is 0 Å². The van der Waals surface area contributed by atoms with Crippen LogP contribution in [0.4, 0.5) is 0 Å². The van der Waals surface area contributed by atoms with Crippen LogP contribution in [-0.4, -0.2) is 28.1 Å². The number of hydrazone groups is 1. The van der Waals surface area contributed by atoms with Crippen molar-refractivity contribution in [1.82, 2.24) is 5.01 Å². The van der Waals surface area contributed by atoms with E-state index in [9.17, 15) is 14.7 Å². The zero-order valence-electron chi connectivity index (χ0n) is 11.0. The SMILES string of the molecule is O=C1c2ccccc2C(=O)N1/N=C/c1cc(Br)cc(Br)c1O. The molecule has 7 heteroatoms. The largest absolute Gasteiger partial charge is 0.506 e. The highest BCUT2D eigenvalue weighted by molar-refractivity contribution is 9.11. The summed E-state index contributed by atoms with van der Waals surface area (Å²) in [5, 5.41) is 14.7. The fourth-order valence-electron chi connectivity index (χ4n) is 2.09. The number of hydrogen-bond donors (Lipinski definition) is 1. The van der Waals surface area contributed by atoms with Crippen molar-refractivity contribution in [2.24, 2.45) is 5.10 Å². The van der Waals surface area contributed by atoms with Gasteiger partial charge in [0.1, 0.15) is 5.75 Å². The number of halogens is 2. The van der Waals surface area contributed by atoms with E-state index in [1.54, 1.807) is 36.4 Å². The summed E-state index contributed by atoms with van der Waals surface area (Å²) < 4.78 is 1.20. The maximum absolute atomic E-state index is 12.2. The number of phenols is 1. The van der Waals surface area contributed by atoms with Crippen LogP contribution in [-0.2, 0) is 0 Å². The Labute approximate surface area is 142 Å². The molecule has 5 nitrogen and oxygen atoms in total. The van der Waals surface area contributed by atoms with Gasteiger partial charge in [-0.3, -0.25) is 9.59 Å². The Morgan fingerprint density at radius 3 is 2.23 bits per heavy atom. The number of nitrogens with zero attached hydrogens (tertiary/aromatic N) is 2. The molecule has 2 aromatic rings. The number of phenolic OH excluding ortho intramolecular Hbond substituents is 1. The van der Waals surface area contributed by atoms with Gasteiger partial charge in [-0.05, 0) is 40.2 Å². The second kappa shape index (κ2) is 5.66. The maximum Gasteiger partial charge on any atom is 0.282 e. The summed E-state index contributed by atoms with van der Waals surface area (Å²) in [6.45, 7) is 0. The quantitative estimate of drug-likeness (QED) is 0.593. The average Bonchev–Trinajstić information content (AvgIpc) is 2.74. The van der Waals surface area contributed by atoms with E-state index in [1.165, 1.54) is 6.21 Å². The molecule has 0 fully saturated rings. The zero-order valence-corrected chi connectivity index (χ0v) is 14.1. The lowest BCUT2D eigenvalue weighted by molar-refractivity contribution is 0.0660. The average molecular weight is 424 g/mol. The van der Waals surface area contributed by atoms with Crippen molar-refractivity contribution in [3.05, 3.63) is 62.0 Å². The molecule has 0 atom stereocenters. The van der Waals surface area contributed by atoms with Gasteiger partial charge in [-0.2, -0.15) is 10.1 Å². The summed E-state index contributed by atoms with van der Waals surface area (Å²) >= 11 is 6.51. The van der Waals surface area contributed by atoms with Crippen LogP contribution in [0.2, 0.25) is 0 Å². The van der Waals surface area contributed by atoms with E-state index in [2.05, 4.69) is 37.0 Å². The summed E-state index contributed by atoms with van der Waals surface area (Å²) in [7, 11) is 0. The van der Waals surface area contributed by atoms with Crippen molar-refractivity contribution >= 4 is 49.9 Å². The Morgan fingerprint density at radius 1 is 1.05 bits per heavy atom. The number of benzene rings is 2. The second-order valence-electron chi connectivity index (χ2n) is 4.54. The Kier molecular flexibility index (Phi) is 3.84. The first-order valence-electron chi connectivity index (χ1n) is 6.19. The molecule has 0 aliphatic carbocycles. The van der Waals surface area contributed by atoms with E-state index in [4.69, 9.17) is 0 Å². The minimum Gasteiger partial charge on any atom is -0.506 e. The number of amides is 2. The van der Waals surface area contributed by atoms with Crippen LogP contribution in [0.5, 0.6) is 5.75 Å². The van der Waals surface area contributed by atoms with E-state index in [1.807, 2.05) is 0 Å². The highest BCUT2D eigenvalue weighted by Gasteiger charge is 2.35. The van der Waals surface area contributed by atoms with Gasteiger partial charge in [0.25, 0.3) is 11.8 Å². The first-order valence-corrected chi connectivity index (χ1v) is 7.77. The predicted molar refractivity (Wildman–Crippen MR) is 88.0 cm³/mol. The fourth-order valence-corrected chi connectivity index (χ4v) is 3.34. The fraction of sp³-hybridized carbons (Fsp3) is 0. The third-order valence-electron chi connectivity index (χ3n) is 3.14. The van der Waals surface area contributed by atoms with Crippen molar-refractivity contribution in [2.45, 2.75) is 0 Å². The van der Waals surface area contributed by atoms with Crippen LogP contribution in [0.15, 0.2) is 50.4 Å². The Balaban J connectivity index is 1.95. The number of aromatic hydroxyl groups is 1. The summed E-state index contributed by atoms with van der Waals surface area (Å²) in [6.07, 6.45) is 1.27. The molecule has 1 N–H and O–H groups in total. The van der Waals surface area contributed by atoms with E-state index >= 15 is 0 Å². The topological polar surface area (TPSA) is 70.0 Å². The van der Waals surface area contributed by atoms with Crippen LogP contribution in [0, 0.1) is 0 Å². The number of rotatable bonds is 2.